The van der Waals surface area contributed by atoms with Crippen molar-refractivity contribution in [2.24, 2.45) is 0 Å². The number of aryl methyl sites for hydroxylation is 1. The molecule has 0 atom stereocenters. The van der Waals surface area contributed by atoms with E-state index in [1.807, 2.05) is 13.8 Å². The molecule has 0 aliphatic rings. The van der Waals surface area contributed by atoms with Crippen molar-refractivity contribution < 1.29 is 4.79 Å². The van der Waals surface area contributed by atoms with E-state index in [2.05, 4.69) is 41.8 Å². The number of hydrogen-bond donors (Lipinski definition) is 2. The fraction of sp³-hybridized carbons (Fsp3) is 0.533. The van der Waals surface area contributed by atoms with Gasteiger partial charge >= 0.3 is 0 Å². The highest BCUT2D eigenvalue weighted by Crippen LogP contribution is 2.05. The molecule has 0 spiro atoms. The predicted octanol–water partition coefficient (Wildman–Crippen LogP) is 1.91. The first kappa shape index (κ1) is 14.7. The van der Waals surface area contributed by atoms with Crippen molar-refractivity contribution in [3.8, 4) is 0 Å². The average Bonchev–Trinajstić information content (AvgIpc) is 2.37. The lowest BCUT2D eigenvalue weighted by atomic mass is 10.1. The normalized spacial score (nSPS) is 10.7. The van der Waals surface area contributed by atoms with Crippen LogP contribution >= 0.6 is 0 Å². The molecule has 0 heterocycles. The van der Waals surface area contributed by atoms with Gasteiger partial charge in [-0.1, -0.05) is 45.0 Å². The van der Waals surface area contributed by atoms with Crippen LogP contribution in [0, 0.1) is 0 Å². The molecule has 100 valence electrons. The van der Waals surface area contributed by atoms with Gasteiger partial charge in [-0.15, -0.1) is 0 Å². The van der Waals surface area contributed by atoms with Crippen LogP contribution in [-0.4, -0.2) is 25.0 Å². The lowest BCUT2D eigenvalue weighted by Gasteiger charge is -2.09. The second-order valence-electron chi connectivity index (χ2n) is 4.81. The Morgan fingerprint density at radius 1 is 1.17 bits per heavy atom. The monoisotopic (exact) mass is 248 g/mol. The third-order valence-electron chi connectivity index (χ3n) is 2.84. The fourth-order valence-electron chi connectivity index (χ4n) is 1.65. The predicted molar refractivity (Wildman–Crippen MR) is 75.7 cm³/mol. The van der Waals surface area contributed by atoms with Crippen LogP contribution in [0.2, 0.25) is 0 Å². The Morgan fingerprint density at radius 2 is 1.78 bits per heavy atom. The third-order valence-corrected chi connectivity index (χ3v) is 2.84. The summed E-state index contributed by atoms with van der Waals surface area (Å²) in [6.07, 6.45) is 1.95. The standard InChI is InChI=1S/C15H24N2O/c1-4-13-5-7-14(8-6-13)9-10-16-15(18)11-17-12(2)3/h5-8,12,17H,4,9-11H2,1-3H3,(H,16,18). The first-order valence-corrected chi connectivity index (χ1v) is 6.69. The lowest BCUT2D eigenvalue weighted by molar-refractivity contribution is -0.120. The Balaban J connectivity index is 2.22. The van der Waals surface area contributed by atoms with Gasteiger partial charge in [-0.3, -0.25) is 4.79 Å². The van der Waals surface area contributed by atoms with E-state index in [9.17, 15) is 4.79 Å². The minimum atomic E-state index is 0.0638. The molecule has 0 unspecified atom stereocenters. The Hall–Kier alpha value is -1.35. The first-order chi connectivity index (χ1) is 8.61. The average molecular weight is 248 g/mol. The number of nitrogens with one attached hydrogen (secondary N) is 2. The molecule has 0 aliphatic carbocycles. The first-order valence-electron chi connectivity index (χ1n) is 6.69. The van der Waals surface area contributed by atoms with E-state index < -0.39 is 0 Å². The number of hydrogen-bond acceptors (Lipinski definition) is 2. The Labute approximate surface area is 110 Å². The maximum Gasteiger partial charge on any atom is 0.233 e. The topological polar surface area (TPSA) is 41.1 Å². The lowest BCUT2D eigenvalue weighted by Crippen LogP contribution is -2.37. The highest BCUT2D eigenvalue weighted by atomic mass is 16.1. The van der Waals surface area contributed by atoms with E-state index in [1.54, 1.807) is 0 Å². The number of rotatable bonds is 7. The number of carbonyl (C=O) groups excluding carboxylic acids is 1. The summed E-state index contributed by atoms with van der Waals surface area (Å²) in [4.78, 5) is 11.5. The fourth-order valence-corrected chi connectivity index (χ4v) is 1.65. The highest BCUT2D eigenvalue weighted by molar-refractivity contribution is 5.77. The van der Waals surface area contributed by atoms with Crippen LogP contribution in [0.3, 0.4) is 0 Å². The van der Waals surface area contributed by atoms with Gasteiger partial charge in [0.25, 0.3) is 0 Å². The summed E-state index contributed by atoms with van der Waals surface area (Å²) in [5.41, 5.74) is 2.62. The van der Waals surface area contributed by atoms with Crippen molar-refractivity contribution in [3.05, 3.63) is 35.4 Å². The summed E-state index contributed by atoms with van der Waals surface area (Å²) >= 11 is 0. The molecule has 0 fully saturated rings. The van der Waals surface area contributed by atoms with Crippen LogP contribution in [0.5, 0.6) is 0 Å². The molecular formula is C15H24N2O. The molecule has 1 aromatic carbocycles. The van der Waals surface area contributed by atoms with Gasteiger partial charge in [0.15, 0.2) is 0 Å². The zero-order valence-electron chi connectivity index (χ0n) is 11.6. The summed E-state index contributed by atoms with van der Waals surface area (Å²) in [5.74, 6) is 0.0638. The SMILES string of the molecule is CCc1ccc(CCNC(=O)CNC(C)C)cc1. The van der Waals surface area contributed by atoms with Crippen LogP contribution in [0.25, 0.3) is 0 Å². The van der Waals surface area contributed by atoms with E-state index in [0.717, 1.165) is 12.8 Å². The molecule has 18 heavy (non-hydrogen) atoms. The molecule has 3 heteroatoms. The van der Waals surface area contributed by atoms with Crippen molar-refractivity contribution in [2.75, 3.05) is 13.1 Å². The maximum atomic E-state index is 11.5. The number of carbonyl (C=O) groups is 1. The van der Waals surface area contributed by atoms with Gasteiger partial charge in [0.1, 0.15) is 0 Å². The van der Waals surface area contributed by atoms with Crippen molar-refractivity contribution in [2.45, 2.75) is 39.7 Å². The Bertz CT molecular complexity index is 357. The summed E-state index contributed by atoms with van der Waals surface area (Å²) < 4.78 is 0. The highest BCUT2D eigenvalue weighted by Gasteiger charge is 2.01. The smallest absolute Gasteiger partial charge is 0.233 e. The van der Waals surface area contributed by atoms with Crippen LogP contribution in [-0.2, 0) is 17.6 Å². The molecule has 0 aliphatic heterocycles. The zero-order chi connectivity index (χ0) is 13.4. The summed E-state index contributed by atoms with van der Waals surface area (Å²) in [6, 6.07) is 8.92. The molecule has 0 radical (unpaired) electrons. The molecular weight excluding hydrogens is 224 g/mol. The van der Waals surface area contributed by atoms with E-state index in [0.29, 0.717) is 19.1 Å². The molecule has 1 rings (SSSR count). The van der Waals surface area contributed by atoms with E-state index in [1.165, 1.54) is 11.1 Å². The molecule has 0 aromatic heterocycles. The van der Waals surface area contributed by atoms with Gasteiger partial charge in [-0.25, -0.2) is 0 Å². The van der Waals surface area contributed by atoms with Crippen LogP contribution in [0.4, 0.5) is 0 Å². The van der Waals surface area contributed by atoms with Crippen molar-refractivity contribution in [3.63, 3.8) is 0 Å². The quantitative estimate of drug-likeness (QED) is 0.774. The maximum absolute atomic E-state index is 11.5. The van der Waals surface area contributed by atoms with E-state index in [-0.39, 0.29) is 5.91 Å². The van der Waals surface area contributed by atoms with Crippen LogP contribution in [0.15, 0.2) is 24.3 Å². The summed E-state index contributed by atoms with van der Waals surface area (Å²) in [5, 5.41) is 6.01. The van der Waals surface area contributed by atoms with Crippen molar-refractivity contribution >= 4 is 5.91 Å². The summed E-state index contributed by atoms with van der Waals surface area (Å²) in [6.45, 7) is 7.30. The molecule has 0 saturated carbocycles. The van der Waals surface area contributed by atoms with Gasteiger partial charge in [-0.2, -0.15) is 0 Å². The van der Waals surface area contributed by atoms with Crippen LogP contribution in [0.1, 0.15) is 31.9 Å². The van der Waals surface area contributed by atoms with Gasteiger partial charge in [-0.05, 0) is 24.0 Å². The largest absolute Gasteiger partial charge is 0.355 e. The Kier molecular flexibility index (Phi) is 6.44. The molecule has 1 aromatic rings. The van der Waals surface area contributed by atoms with Gasteiger partial charge in [0, 0.05) is 12.6 Å². The van der Waals surface area contributed by atoms with Gasteiger partial charge in [0.2, 0.25) is 5.91 Å². The zero-order valence-corrected chi connectivity index (χ0v) is 11.6. The molecule has 2 N–H and O–H groups in total. The summed E-state index contributed by atoms with van der Waals surface area (Å²) in [7, 11) is 0. The Morgan fingerprint density at radius 3 is 2.33 bits per heavy atom. The molecule has 0 saturated heterocycles. The van der Waals surface area contributed by atoms with Crippen molar-refractivity contribution in [1.29, 1.82) is 0 Å². The third kappa shape index (κ3) is 5.82. The molecule has 3 nitrogen and oxygen atoms in total. The van der Waals surface area contributed by atoms with Crippen molar-refractivity contribution in [1.82, 2.24) is 10.6 Å². The molecule has 1 amide bonds. The molecule has 0 bridgehead atoms. The minimum absolute atomic E-state index is 0.0638. The van der Waals surface area contributed by atoms with E-state index >= 15 is 0 Å². The van der Waals surface area contributed by atoms with E-state index in [4.69, 9.17) is 0 Å². The van der Waals surface area contributed by atoms with Crippen LogP contribution < -0.4 is 10.6 Å². The van der Waals surface area contributed by atoms with Gasteiger partial charge in [0.05, 0.1) is 6.54 Å². The number of benzene rings is 1. The minimum Gasteiger partial charge on any atom is -0.355 e. The number of amides is 1. The second kappa shape index (κ2) is 7.88. The van der Waals surface area contributed by atoms with Gasteiger partial charge < -0.3 is 10.6 Å². The second-order valence-corrected chi connectivity index (χ2v) is 4.81.